The van der Waals surface area contributed by atoms with Crippen molar-refractivity contribution >= 4 is 40.0 Å². The fourth-order valence-electron chi connectivity index (χ4n) is 7.52. The molecule has 0 saturated carbocycles. The summed E-state index contributed by atoms with van der Waals surface area (Å²) in [5.74, 6) is 1.29. The molecule has 0 bridgehead atoms. The SMILES string of the molecule is CCNc1nnc(-c2ccc(C3=CCN(C(=O)CN4CC[C@]5(CCN(c6ccc7[nH]nc(-c8ccc(OCC)nc8)c7c6)C5=O)C4)CC3)cc2)o1. The molecule has 0 radical (unpaired) electrons. The number of aromatic nitrogens is 5. The number of anilines is 2. The predicted octanol–water partition coefficient (Wildman–Crippen LogP) is 5.25. The van der Waals surface area contributed by atoms with E-state index in [1.165, 1.54) is 5.57 Å². The van der Waals surface area contributed by atoms with Crippen LogP contribution >= 0.6 is 0 Å². The highest BCUT2D eigenvalue weighted by Crippen LogP contribution is 2.43. The van der Waals surface area contributed by atoms with Crippen LogP contribution in [0.2, 0.25) is 0 Å². The Kier molecular flexibility index (Phi) is 8.72. The van der Waals surface area contributed by atoms with E-state index in [0.29, 0.717) is 63.7 Å². The van der Waals surface area contributed by atoms with Crippen molar-refractivity contribution in [3.8, 4) is 28.6 Å². The van der Waals surface area contributed by atoms with E-state index in [2.05, 4.69) is 53.8 Å². The van der Waals surface area contributed by atoms with Crippen LogP contribution in [0.1, 0.15) is 38.7 Å². The molecule has 2 amide bonds. The van der Waals surface area contributed by atoms with Crippen LogP contribution < -0.4 is 15.0 Å². The molecule has 262 valence electrons. The minimum atomic E-state index is -0.468. The fraction of sp³-hybridized carbons (Fsp3) is 0.368. The van der Waals surface area contributed by atoms with Gasteiger partial charge in [0.1, 0.15) is 5.69 Å². The highest BCUT2D eigenvalue weighted by atomic mass is 16.5. The summed E-state index contributed by atoms with van der Waals surface area (Å²) < 4.78 is 11.2. The van der Waals surface area contributed by atoms with E-state index in [1.807, 2.05) is 66.1 Å². The van der Waals surface area contributed by atoms with Gasteiger partial charge in [0.25, 0.3) is 0 Å². The highest BCUT2D eigenvalue weighted by molar-refractivity contribution is 6.03. The molecule has 8 rings (SSSR count). The van der Waals surface area contributed by atoms with E-state index in [4.69, 9.17) is 9.15 Å². The minimum Gasteiger partial charge on any atom is -0.478 e. The zero-order chi connectivity index (χ0) is 35.0. The van der Waals surface area contributed by atoms with Gasteiger partial charge in [0, 0.05) is 67.2 Å². The number of hydrogen-bond donors (Lipinski definition) is 2. The van der Waals surface area contributed by atoms with Gasteiger partial charge in [-0.3, -0.25) is 19.6 Å². The van der Waals surface area contributed by atoms with Gasteiger partial charge in [0.2, 0.25) is 23.6 Å². The van der Waals surface area contributed by atoms with Gasteiger partial charge in [0.15, 0.2) is 0 Å². The minimum absolute atomic E-state index is 0.106. The summed E-state index contributed by atoms with van der Waals surface area (Å²) >= 11 is 0. The van der Waals surface area contributed by atoms with Crippen LogP contribution in [-0.2, 0) is 9.59 Å². The van der Waals surface area contributed by atoms with E-state index >= 15 is 0 Å². The molecule has 1 spiro atoms. The highest BCUT2D eigenvalue weighted by Gasteiger charge is 2.51. The van der Waals surface area contributed by atoms with Gasteiger partial charge in [-0.2, -0.15) is 5.10 Å². The van der Waals surface area contributed by atoms with E-state index in [9.17, 15) is 9.59 Å². The molecule has 2 aromatic carbocycles. The molecule has 2 fully saturated rings. The maximum Gasteiger partial charge on any atom is 0.315 e. The van der Waals surface area contributed by atoms with Crippen molar-refractivity contribution in [2.75, 3.05) is 62.6 Å². The van der Waals surface area contributed by atoms with Crippen LogP contribution in [0.15, 0.2) is 71.3 Å². The average Bonchev–Trinajstić information content (AvgIpc) is 3.97. The van der Waals surface area contributed by atoms with Crippen LogP contribution in [0.3, 0.4) is 0 Å². The second-order valence-corrected chi connectivity index (χ2v) is 13.4. The number of carbonyl (C=O) groups excluding carboxylic acids is 2. The predicted molar refractivity (Wildman–Crippen MR) is 194 cm³/mol. The van der Waals surface area contributed by atoms with Crippen molar-refractivity contribution in [2.24, 2.45) is 5.41 Å². The van der Waals surface area contributed by atoms with Gasteiger partial charge in [-0.25, -0.2) is 4.98 Å². The fourth-order valence-corrected chi connectivity index (χ4v) is 7.52. The number of fused-ring (bicyclic) bond motifs is 1. The molecule has 3 aromatic heterocycles. The summed E-state index contributed by atoms with van der Waals surface area (Å²) in [7, 11) is 0. The van der Waals surface area contributed by atoms with Gasteiger partial charge < -0.3 is 24.3 Å². The lowest BCUT2D eigenvalue weighted by molar-refractivity contribution is -0.132. The lowest BCUT2D eigenvalue weighted by Gasteiger charge is -2.29. The number of hydrogen-bond acceptors (Lipinski definition) is 10. The molecule has 13 nitrogen and oxygen atoms in total. The zero-order valence-corrected chi connectivity index (χ0v) is 28.9. The number of H-pyrrole nitrogens is 1. The number of pyridine rings is 1. The Labute approximate surface area is 295 Å². The number of nitrogens with zero attached hydrogens (tertiary/aromatic N) is 7. The summed E-state index contributed by atoms with van der Waals surface area (Å²) in [6.07, 6.45) is 6.21. The van der Waals surface area contributed by atoms with E-state index in [-0.39, 0.29) is 11.8 Å². The summed E-state index contributed by atoms with van der Waals surface area (Å²) in [4.78, 5) is 37.8. The Morgan fingerprint density at radius 3 is 2.59 bits per heavy atom. The van der Waals surface area contributed by atoms with Crippen LogP contribution in [0, 0.1) is 5.41 Å². The number of amides is 2. The molecule has 5 aromatic rings. The molecule has 3 aliphatic rings. The summed E-state index contributed by atoms with van der Waals surface area (Å²) in [5.41, 5.74) is 6.15. The molecular weight excluding hydrogens is 646 g/mol. The van der Waals surface area contributed by atoms with Crippen molar-refractivity contribution in [2.45, 2.75) is 33.1 Å². The van der Waals surface area contributed by atoms with E-state index in [1.54, 1.807) is 6.20 Å². The third-order valence-corrected chi connectivity index (χ3v) is 10.3. The number of carbonyl (C=O) groups is 2. The first-order valence-electron chi connectivity index (χ1n) is 17.7. The number of aromatic amines is 1. The Morgan fingerprint density at radius 2 is 1.82 bits per heavy atom. The molecule has 0 unspecified atom stereocenters. The van der Waals surface area contributed by atoms with Gasteiger partial charge >= 0.3 is 6.01 Å². The Balaban J connectivity index is 0.877. The molecule has 3 aliphatic heterocycles. The average molecular weight is 688 g/mol. The number of rotatable bonds is 10. The molecule has 2 N–H and O–H groups in total. The lowest BCUT2D eigenvalue weighted by Crippen LogP contribution is -2.43. The lowest BCUT2D eigenvalue weighted by atomic mass is 9.85. The van der Waals surface area contributed by atoms with Crippen molar-refractivity contribution in [3.63, 3.8) is 0 Å². The molecule has 51 heavy (non-hydrogen) atoms. The van der Waals surface area contributed by atoms with Crippen molar-refractivity contribution in [3.05, 3.63) is 72.4 Å². The quantitative estimate of drug-likeness (QED) is 0.200. The van der Waals surface area contributed by atoms with E-state index in [0.717, 1.165) is 64.8 Å². The van der Waals surface area contributed by atoms with Gasteiger partial charge in [0.05, 0.1) is 24.1 Å². The largest absolute Gasteiger partial charge is 0.478 e. The van der Waals surface area contributed by atoms with Crippen molar-refractivity contribution in [1.29, 1.82) is 0 Å². The number of benzene rings is 2. The molecular formula is C38H41N9O4. The Hall–Kier alpha value is -5.56. The molecule has 0 aliphatic carbocycles. The van der Waals surface area contributed by atoms with Gasteiger partial charge in [-0.05, 0) is 87.2 Å². The maximum absolute atomic E-state index is 14.0. The summed E-state index contributed by atoms with van der Waals surface area (Å²) in [6, 6.07) is 18.3. The third-order valence-electron chi connectivity index (χ3n) is 10.3. The van der Waals surface area contributed by atoms with Gasteiger partial charge in [-0.1, -0.05) is 23.3 Å². The smallest absolute Gasteiger partial charge is 0.315 e. The third kappa shape index (κ3) is 6.33. The summed E-state index contributed by atoms with van der Waals surface area (Å²) in [6.45, 7) is 8.71. The maximum atomic E-state index is 14.0. The second-order valence-electron chi connectivity index (χ2n) is 13.4. The van der Waals surface area contributed by atoms with Crippen molar-refractivity contribution in [1.82, 2.24) is 35.2 Å². The zero-order valence-electron chi connectivity index (χ0n) is 28.9. The first-order chi connectivity index (χ1) is 24.9. The van der Waals surface area contributed by atoms with Crippen LogP contribution in [0.4, 0.5) is 11.7 Å². The van der Waals surface area contributed by atoms with Gasteiger partial charge in [-0.15, -0.1) is 5.10 Å². The standard InChI is InChI=1S/C38H41N9O4/c1-3-39-37-44-43-35(51-37)27-7-5-25(6-8-27)26-13-17-46(18-14-26)33(48)23-45-19-15-38(24-45)16-20-47(36(38)49)29-10-11-31-30(21-29)34(42-41-31)28-9-12-32(40-22-28)50-4-2/h5-13,21-22H,3-4,14-20,23-24H2,1-2H3,(H,39,44)(H,41,42)/t38-/m0/s1. The van der Waals surface area contributed by atoms with Crippen molar-refractivity contribution < 1.29 is 18.7 Å². The number of ether oxygens (including phenoxy) is 1. The Bertz CT molecular complexity index is 2090. The number of nitrogens with one attached hydrogen (secondary N) is 2. The van der Waals surface area contributed by atoms with Crippen LogP contribution in [0.25, 0.3) is 39.2 Å². The summed E-state index contributed by atoms with van der Waals surface area (Å²) in [5, 5.41) is 19.8. The topological polar surface area (TPSA) is 146 Å². The number of likely N-dealkylation sites (tertiary alicyclic amines) is 1. The Morgan fingerprint density at radius 1 is 1.00 bits per heavy atom. The van der Waals surface area contributed by atoms with Crippen LogP contribution in [0.5, 0.6) is 5.88 Å². The second kappa shape index (κ2) is 13.6. The molecule has 2 saturated heterocycles. The molecule has 13 heteroatoms. The van der Waals surface area contributed by atoms with E-state index < -0.39 is 5.41 Å². The normalized spacial score (nSPS) is 19.3. The first-order valence-corrected chi connectivity index (χ1v) is 17.7. The molecule has 1 atom stereocenters. The first kappa shape index (κ1) is 32.6. The molecule has 6 heterocycles. The van der Waals surface area contributed by atoms with Crippen LogP contribution in [-0.4, -0.2) is 99.4 Å². The monoisotopic (exact) mass is 687 g/mol.